The molecule has 1 fully saturated rings. The Bertz CT molecular complexity index is 1340. The summed E-state index contributed by atoms with van der Waals surface area (Å²) in [4.78, 5) is 42.2. The minimum Gasteiger partial charge on any atom is -0.503 e. The molecule has 2 aromatic carbocycles. The third-order valence-corrected chi connectivity index (χ3v) is 6.72. The van der Waals surface area contributed by atoms with Gasteiger partial charge in [-0.15, -0.1) is 0 Å². The Kier molecular flexibility index (Phi) is 7.57. The summed E-state index contributed by atoms with van der Waals surface area (Å²) in [6.07, 6.45) is 5.78. The van der Waals surface area contributed by atoms with E-state index in [9.17, 15) is 24.8 Å². The molecule has 0 spiro atoms. The van der Waals surface area contributed by atoms with Crippen LogP contribution >= 0.6 is 0 Å². The number of aromatic amines is 1. The molecule has 1 aromatic heterocycles. The zero-order chi connectivity index (χ0) is 25.8. The van der Waals surface area contributed by atoms with Crippen LogP contribution in [0.5, 0.6) is 5.75 Å². The molecule has 1 amide bonds. The molecule has 0 aliphatic heterocycles. The van der Waals surface area contributed by atoms with Crippen LogP contribution in [0, 0.1) is 10.1 Å². The molecule has 0 unspecified atom stereocenters. The second-order valence-electron chi connectivity index (χ2n) is 9.34. The van der Waals surface area contributed by atoms with Gasteiger partial charge in [-0.05, 0) is 49.9 Å². The van der Waals surface area contributed by atoms with Crippen LogP contribution in [0.15, 0.2) is 41.2 Å². The number of hydrogen-bond donors (Lipinski definition) is 3. The Balaban J connectivity index is 1.76. The summed E-state index contributed by atoms with van der Waals surface area (Å²) in [5, 5.41) is 25.9. The van der Waals surface area contributed by atoms with Crippen molar-refractivity contribution in [1.29, 1.82) is 0 Å². The number of carbonyl (C=O) groups excluding carboxylic acids is 1. The van der Waals surface area contributed by atoms with Gasteiger partial charge in [0.2, 0.25) is 5.43 Å². The normalized spacial score (nSPS) is 13.7. The van der Waals surface area contributed by atoms with Crippen molar-refractivity contribution in [1.82, 2.24) is 10.3 Å². The molecule has 0 radical (unpaired) electrons. The highest BCUT2D eigenvalue weighted by atomic mass is 16.6. The van der Waals surface area contributed by atoms with E-state index in [0.29, 0.717) is 35.4 Å². The molecule has 3 N–H and O–H groups in total. The summed E-state index contributed by atoms with van der Waals surface area (Å²) >= 11 is 0. The molecule has 3 aromatic rings. The largest absolute Gasteiger partial charge is 0.503 e. The number of hydrogen-bond acceptors (Lipinski definition) is 6. The molecule has 4 rings (SSSR count). The number of pyridine rings is 1. The first-order valence-electron chi connectivity index (χ1n) is 12.6. The number of carbonyl (C=O) groups is 1. The molecule has 1 aliphatic carbocycles. The average molecular weight is 493 g/mol. The monoisotopic (exact) mass is 492 g/mol. The Morgan fingerprint density at radius 1 is 1.14 bits per heavy atom. The van der Waals surface area contributed by atoms with E-state index < -0.39 is 16.1 Å². The molecular formula is C27H32N4O5. The van der Waals surface area contributed by atoms with Crippen molar-refractivity contribution in [2.24, 2.45) is 0 Å². The minimum absolute atomic E-state index is 0.0769. The first kappa shape index (κ1) is 25.2. The number of anilines is 1. The highest BCUT2D eigenvalue weighted by molar-refractivity contribution is 5.98. The number of nitrogens with zero attached hydrogens (tertiary/aromatic N) is 2. The zero-order valence-electron chi connectivity index (χ0n) is 20.7. The summed E-state index contributed by atoms with van der Waals surface area (Å²) < 4.78 is 0. The molecule has 1 saturated carbocycles. The number of H-pyrrole nitrogens is 1. The third-order valence-electron chi connectivity index (χ3n) is 6.72. The average Bonchev–Trinajstić information content (AvgIpc) is 3.38. The van der Waals surface area contributed by atoms with E-state index >= 15 is 0 Å². The van der Waals surface area contributed by atoms with Gasteiger partial charge in [0, 0.05) is 41.7 Å². The molecule has 1 heterocycles. The predicted octanol–water partition coefficient (Wildman–Crippen LogP) is 5.11. The van der Waals surface area contributed by atoms with Crippen molar-refractivity contribution in [2.75, 3.05) is 18.0 Å². The van der Waals surface area contributed by atoms with Gasteiger partial charge in [-0.25, -0.2) is 0 Å². The third kappa shape index (κ3) is 5.05. The van der Waals surface area contributed by atoms with Gasteiger partial charge in [0.1, 0.15) is 5.69 Å². The molecule has 36 heavy (non-hydrogen) atoms. The van der Waals surface area contributed by atoms with Crippen LogP contribution in [-0.4, -0.2) is 40.1 Å². The molecule has 1 aliphatic rings. The van der Waals surface area contributed by atoms with Crippen LogP contribution < -0.4 is 15.6 Å². The smallest absolute Gasteiger partial charge is 0.293 e. The van der Waals surface area contributed by atoms with Crippen molar-refractivity contribution in [3.8, 4) is 17.0 Å². The second-order valence-corrected chi connectivity index (χ2v) is 9.34. The lowest BCUT2D eigenvalue weighted by atomic mass is 10.0. The van der Waals surface area contributed by atoms with Crippen molar-refractivity contribution in [3.05, 3.63) is 62.3 Å². The van der Waals surface area contributed by atoms with Crippen LogP contribution in [0.4, 0.5) is 11.4 Å². The van der Waals surface area contributed by atoms with Crippen LogP contribution in [0.3, 0.4) is 0 Å². The highest BCUT2D eigenvalue weighted by Crippen LogP contribution is 2.35. The summed E-state index contributed by atoms with van der Waals surface area (Å²) in [6.45, 7) is 5.39. The topological polar surface area (TPSA) is 129 Å². The van der Waals surface area contributed by atoms with Crippen molar-refractivity contribution >= 4 is 28.2 Å². The maximum absolute atomic E-state index is 12.9. The van der Waals surface area contributed by atoms with E-state index in [4.69, 9.17) is 0 Å². The summed E-state index contributed by atoms with van der Waals surface area (Å²) in [5.74, 6) is -0.738. The number of nitro benzene ring substituents is 1. The van der Waals surface area contributed by atoms with Crippen molar-refractivity contribution in [3.63, 3.8) is 0 Å². The number of nitro groups is 1. The Morgan fingerprint density at radius 2 is 1.83 bits per heavy atom. The van der Waals surface area contributed by atoms with E-state index in [1.54, 1.807) is 24.3 Å². The van der Waals surface area contributed by atoms with Crippen LogP contribution in [0.1, 0.15) is 62.7 Å². The zero-order valence-corrected chi connectivity index (χ0v) is 20.7. The number of rotatable bonds is 9. The Morgan fingerprint density at radius 3 is 2.47 bits per heavy atom. The van der Waals surface area contributed by atoms with Gasteiger partial charge in [0.15, 0.2) is 5.75 Å². The lowest BCUT2D eigenvalue weighted by molar-refractivity contribution is -0.384. The van der Waals surface area contributed by atoms with E-state index in [2.05, 4.69) is 10.3 Å². The molecular weight excluding hydrogens is 460 g/mol. The summed E-state index contributed by atoms with van der Waals surface area (Å²) in [7, 11) is 0. The van der Waals surface area contributed by atoms with Gasteiger partial charge in [0.05, 0.1) is 16.1 Å². The maximum atomic E-state index is 12.9. The number of nitrogens with one attached hydrogen (secondary N) is 2. The number of benzene rings is 2. The van der Waals surface area contributed by atoms with Gasteiger partial charge in [-0.1, -0.05) is 32.8 Å². The number of aromatic hydroxyl groups is 1. The van der Waals surface area contributed by atoms with Gasteiger partial charge in [0.25, 0.3) is 11.6 Å². The van der Waals surface area contributed by atoms with Gasteiger partial charge >= 0.3 is 0 Å². The number of fused-ring (bicyclic) bond motifs is 1. The SMILES string of the molecule is CCCN(CCC)c1ccc(-c2[nH]c3cc(C(=O)NC4CCCC4)ccc3c(=O)c2O)cc1[N+](=O)[O-]. The van der Waals surface area contributed by atoms with E-state index in [0.717, 1.165) is 38.5 Å². The predicted molar refractivity (Wildman–Crippen MR) is 141 cm³/mol. The van der Waals surface area contributed by atoms with Crippen LogP contribution in [-0.2, 0) is 0 Å². The maximum Gasteiger partial charge on any atom is 0.293 e. The summed E-state index contributed by atoms with van der Waals surface area (Å²) in [5.41, 5.74) is 0.964. The summed E-state index contributed by atoms with van der Waals surface area (Å²) in [6, 6.07) is 9.51. The van der Waals surface area contributed by atoms with Gasteiger partial charge in [-0.2, -0.15) is 0 Å². The first-order chi connectivity index (χ1) is 17.3. The first-order valence-corrected chi connectivity index (χ1v) is 12.6. The molecule has 0 bridgehead atoms. The Labute approximate surface area is 209 Å². The van der Waals surface area contributed by atoms with Gasteiger partial charge < -0.3 is 20.3 Å². The molecule has 9 nitrogen and oxygen atoms in total. The van der Waals surface area contributed by atoms with E-state index in [-0.39, 0.29) is 28.7 Å². The lowest BCUT2D eigenvalue weighted by Crippen LogP contribution is -2.32. The van der Waals surface area contributed by atoms with Crippen molar-refractivity contribution < 1.29 is 14.8 Å². The quantitative estimate of drug-likeness (QED) is 0.281. The van der Waals surface area contributed by atoms with Crippen molar-refractivity contribution in [2.45, 2.75) is 58.4 Å². The molecule has 0 atom stereocenters. The lowest BCUT2D eigenvalue weighted by Gasteiger charge is -2.23. The molecule has 0 saturated heterocycles. The number of aromatic nitrogens is 1. The second kappa shape index (κ2) is 10.8. The fourth-order valence-corrected chi connectivity index (χ4v) is 4.95. The highest BCUT2D eigenvalue weighted by Gasteiger charge is 2.23. The fraction of sp³-hybridized carbons (Fsp3) is 0.407. The van der Waals surface area contributed by atoms with E-state index in [1.165, 1.54) is 12.1 Å². The Hall–Kier alpha value is -3.88. The molecule has 190 valence electrons. The van der Waals surface area contributed by atoms with Gasteiger partial charge in [-0.3, -0.25) is 19.7 Å². The molecule has 9 heteroatoms. The standard InChI is InChI=1S/C27H32N4O5/c1-3-13-30(14-4-2)22-12-10-17(16-23(22)31(35)36)24-26(33)25(32)20-11-9-18(15-21(20)29-24)27(34)28-19-7-5-6-8-19/h9-12,15-16,19,33H,3-8,13-14H2,1-2H3,(H,28,34)(H,29,32). The fourth-order valence-electron chi connectivity index (χ4n) is 4.95. The number of amides is 1. The van der Waals surface area contributed by atoms with E-state index in [1.807, 2.05) is 18.7 Å². The van der Waals surface area contributed by atoms with Crippen LogP contribution in [0.25, 0.3) is 22.2 Å². The van der Waals surface area contributed by atoms with Crippen LogP contribution in [0.2, 0.25) is 0 Å². The minimum atomic E-state index is -0.605.